The standard InChI is InChI=1S/C33H42N2O5/c1-3-4-18-38-29-21-27-25(30-31(29)39-19-17-34(30)23(2)36)20-28-26-13-8-9-14-33(26,27)15-10-16-35(28)32(37)40-22-24-11-6-5-7-12-24/h5-7,11-12,21,26,28H,3-4,8-10,13-20,22H2,1-2H3/t26?,28-,33-/m0/s1. The minimum Gasteiger partial charge on any atom is -0.490 e. The fourth-order valence-electron chi connectivity index (χ4n) is 7.89. The lowest BCUT2D eigenvalue weighted by atomic mass is 9.54. The summed E-state index contributed by atoms with van der Waals surface area (Å²) in [7, 11) is 0. The van der Waals surface area contributed by atoms with Crippen LogP contribution in [0.1, 0.15) is 81.9 Å². The lowest BCUT2D eigenvalue weighted by Crippen LogP contribution is -2.55. The van der Waals surface area contributed by atoms with Crippen LogP contribution in [0.3, 0.4) is 0 Å². The van der Waals surface area contributed by atoms with Gasteiger partial charge in [-0.15, -0.1) is 0 Å². The van der Waals surface area contributed by atoms with Crippen molar-refractivity contribution in [2.75, 3.05) is 31.2 Å². The molecule has 2 bridgehead atoms. The third kappa shape index (κ3) is 4.71. The predicted octanol–water partition coefficient (Wildman–Crippen LogP) is 6.40. The van der Waals surface area contributed by atoms with Crippen molar-refractivity contribution in [3.8, 4) is 11.5 Å². The van der Waals surface area contributed by atoms with Crippen molar-refractivity contribution in [2.45, 2.75) is 89.7 Å². The largest absolute Gasteiger partial charge is 0.490 e. The van der Waals surface area contributed by atoms with Crippen molar-refractivity contribution >= 4 is 17.7 Å². The third-order valence-electron chi connectivity index (χ3n) is 9.67. The summed E-state index contributed by atoms with van der Waals surface area (Å²) in [6.45, 7) is 6.37. The molecule has 7 heteroatoms. The van der Waals surface area contributed by atoms with E-state index in [0.29, 0.717) is 44.4 Å². The second-order valence-electron chi connectivity index (χ2n) is 11.9. The number of unbranched alkanes of at least 4 members (excludes halogenated alkanes) is 1. The summed E-state index contributed by atoms with van der Waals surface area (Å²) in [4.78, 5) is 30.5. The van der Waals surface area contributed by atoms with E-state index in [2.05, 4.69) is 13.0 Å². The summed E-state index contributed by atoms with van der Waals surface area (Å²) >= 11 is 0. The van der Waals surface area contributed by atoms with Gasteiger partial charge in [-0.2, -0.15) is 0 Å². The zero-order chi connectivity index (χ0) is 27.7. The van der Waals surface area contributed by atoms with Gasteiger partial charge in [0.25, 0.3) is 0 Å². The van der Waals surface area contributed by atoms with Crippen LogP contribution in [0.2, 0.25) is 0 Å². The lowest BCUT2D eigenvalue weighted by Gasteiger charge is -2.53. The molecule has 4 aliphatic rings. The maximum atomic E-state index is 13.7. The molecular formula is C33H42N2O5. The number of nitrogens with zero attached hydrogens (tertiary/aromatic N) is 2. The smallest absolute Gasteiger partial charge is 0.410 e. The van der Waals surface area contributed by atoms with Gasteiger partial charge in [-0.3, -0.25) is 4.79 Å². The first kappa shape index (κ1) is 27.0. The second-order valence-corrected chi connectivity index (χ2v) is 11.9. The molecule has 2 aromatic rings. The summed E-state index contributed by atoms with van der Waals surface area (Å²) in [6.07, 6.45) is 9.01. The summed E-state index contributed by atoms with van der Waals surface area (Å²) in [5.41, 5.74) is 4.32. The average Bonchev–Trinajstić information content (AvgIpc) is 3.10. The fraction of sp³-hybridized carbons (Fsp3) is 0.576. The van der Waals surface area contributed by atoms with Crippen LogP contribution >= 0.6 is 0 Å². The van der Waals surface area contributed by atoms with E-state index in [0.717, 1.165) is 55.5 Å². The number of rotatable bonds is 6. The van der Waals surface area contributed by atoms with Gasteiger partial charge in [-0.25, -0.2) is 4.79 Å². The molecule has 0 N–H and O–H groups in total. The van der Waals surface area contributed by atoms with E-state index >= 15 is 0 Å². The molecule has 7 nitrogen and oxygen atoms in total. The van der Waals surface area contributed by atoms with Crippen LogP contribution in [0.4, 0.5) is 10.5 Å². The SMILES string of the molecule is CCCCOc1cc2c(c3c1OCCN3C(C)=O)C[C@H]1C3CCCC[C@@]23CCCN1C(=O)OCc1ccccc1. The second kappa shape index (κ2) is 11.3. The highest BCUT2D eigenvalue weighted by molar-refractivity contribution is 5.96. The highest BCUT2D eigenvalue weighted by Gasteiger charge is 2.55. The molecule has 2 heterocycles. The minimum atomic E-state index is -0.230. The van der Waals surface area contributed by atoms with Gasteiger partial charge in [-0.05, 0) is 67.2 Å². The first-order valence-electron chi connectivity index (χ1n) is 15.2. The van der Waals surface area contributed by atoms with Crippen LogP contribution in [0.5, 0.6) is 11.5 Å². The normalized spacial score (nSPS) is 25.1. The number of carbonyl (C=O) groups excluding carboxylic acids is 2. The first-order valence-corrected chi connectivity index (χ1v) is 15.2. The van der Waals surface area contributed by atoms with E-state index in [1.807, 2.05) is 40.1 Å². The minimum absolute atomic E-state index is 0.0165. The van der Waals surface area contributed by atoms with Crippen LogP contribution < -0.4 is 14.4 Å². The van der Waals surface area contributed by atoms with Gasteiger partial charge in [0, 0.05) is 24.9 Å². The van der Waals surface area contributed by atoms with Gasteiger partial charge in [-0.1, -0.05) is 56.5 Å². The zero-order valence-electron chi connectivity index (χ0n) is 24.0. The van der Waals surface area contributed by atoms with Crippen LogP contribution in [-0.4, -0.2) is 49.2 Å². The van der Waals surface area contributed by atoms with Crippen LogP contribution in [0, 0.1) is 5.92 Å². The molecule has 3 atom stereocenters. The van der Waals surface area contributed by atoms with Gasteiger partial charge in [0.1, 0.15) is 13.2 Å². The van der Waals surface area contributed by atoms with Crippen LogP contribution in [0.25, 0.3) is 0 Å². The van der Waals surface area contributed by atoms with Crippen molar-refractivity contribution in [3.63, 3.8) is 0 Å². The summed E-state index contributed by atoms with van der Waals surface area (Å²) in [5.74, 6) is 1.84. The van der Waals surface area contributed by atoms with Gasteiger partial charge < -0.3 is 24.0 Å². The number of carbonyl (C=O) groups is 2. The number of fused-ring (bicyclic) bond motifs is 3. The number of amides is 2. The topological polar surface area (TPSA) is 68.3 Å². The molecule has 2 aromatic carbocycles. The molecule has 0 spiro atoms. The van der Waals surface area contributed by atoms with Crippen molar-refractivity contribution in [2.24, 2.45) is 5.92 Å². The average molecular weight is 547 g/mol. The highest BCUT2D eigenvalue weighted by atomic mass is 16.6. The van der Waals surface area contributed by atoms with Crippen molar-refractivity contribution in [3.05, 3.63) is 53.1 Å². The number of likely N-dealkylation sites (tertiary alicyclic amines) is 1. The Morgan fingerprint density at radius 3 is 2.73 bits per heavy atom. The number of benzene rings is 2. The van der Waals surface area contributed by atoms with E-state index < -0.39 is 0 Å². The molecule has 2 aliphatic carbocycles. The molecule has 2 fully saturated rings. The summed E-state index contributed by atoms with van der Waals surface area (Å²) < 4.78 is 18.5. The molecule has 1 saturated heterocycles. The molecule has 0 aromatic heterocycles. The summed E-state index contributed by atoms with van der Waals surface area (Å²) in [5, 5.41) is 0. The molecule has 2 aliphatic heterocycles. The van der Waals surface area contributed by atoms with E-state index in [1.165, 1.54) is 24.0 Å². The fourth-order valence-corrected chi connectivity index (χ4v) is 7.89. The quantitative estimate of drug-likeness (QED) is 0.393. The van der Waals surface area contributed by atoms with Gasteiger partial charge in [0.15, 0.2) is 11.5 Å². The zero-order valence-corrected chi connectivity index (χ0v) is 24.0. The van der Waals surface area contributed by atoms with E-state index in [9.17, 15) is 9.59 Å². The molecule has 1 unspecified atom stereocenters. The molecule has 214 valence electrons. The number of hydrogen-bond donors (Lipinski definition) is 0. The maximum Gasteiger partial charge on any atom is 0.410 e. The van der Waals surface area contributed by atoms with E-state index in [-0.39, 0.29) is 30.1 Å². The van der Waals surface area contributed by atoms with Crippen molar-refractivity contribution in [1.29, 1.82) is 0 Å². The highest BCUT2D eigenvalue weighted by Crippen LogP contribution is 2.59. The van der Waals surface area contributed by atoms with Crippen molar-refractivity contribution < 1.29 is 23.8 Å². The molecule has 2 amide bonds. The first-order chi connectivity index (χ1) is 19.5. The molecule has 0 radical (unpaired) electrons. The Labute approximate surface area is 237 Å². The van der Waals surface area contributed by atoms with Crippen molar-refractivity contribution in [1.82, 2.24) is 4.90 Å². The molecular weight excluding hydrogens is 504 g/mol. The number of hydrogen-bond acceptors (Lipinski definition) is 5. The van der Waals surface area contributed by atoms with E-state index in [1.54, 1.807) is 6.92 Å². The lowest BCUT2D eigenvalue weighted by molar-refractivity contribution is -0.116. The Morgan fingerprint density at radius 2 is 1.93 bits per heavy atom. The van der Waals surface area contributed by atoms with E-state index in [4.69, 9.17) is 14.2 Å². The number of ether oxygens (including phenoxy) is 3. The Bertz CT molecular complexity index is 1250. The summed E-state index contributed by atoms with van der Waals surface area (Å²) in [6, 6.07) is 12.2. The maximum absolute atomic E-state index is 13.7. The Balaban J connectivity index is 1.43. The van der Waals surface area contributed by atoms with Crippen LogP contribution in [-0.2, 0) is 28.0 Å². The van der Waals surface area contributed by atoms with Gasteiger partial charge >= 0.3 is 6.09 Å². The monoisotopic (exact) mass is 546 g/mol. The predicted molar refractivity (Wildman–Crippen MR) is 154 cm³/mol. The Kier molecular flexibility index (Phi) is 7.65. The van der Waals surface area contributed by atoms with Crippen LogP contribution in [0.15, 0.2) is 36.4 Å². The molecule has 1 saturated carbocycles. The molecule has 6 rings (SSSR count). The molecule has 40 heavy (non-hydrogen) atoms. The van der Waals surface area contributed by atoms with Gasteiger partial charge in [0.2, 0.25) is 5.91 Å². The number of anilines is 1. The Hall–Kier alpha value is -3.22. The van der Waals surface area contributed by atoms with Gasteiger partial charge in [0.05, 0.1) is 18.8 Å². The Morgan fingerprint density at radius 1 is 1.10 bits per heavy atom. The third-order valence-corrected chi connectivity index (χ3v) is 9.67.